The molecular formula is C14H19N5O2. The Morgan fingerprint density at radius 2 is 2.05 bits per heavy atom. The van der Waals surface area contributed by atoms with Crippen LogP contribution in [0, 0.1) is 0 Å². The first-order valence-electron chi connectivity index (χ1n) is 6.88. The van der Waals surface area contributed by atoms with Crippen molar-refractivity contribution >= 4 is 5.91 Å². The Bertz CT molecular complexity index is 584. The summed E-state index contributed by atoms with van der Waals surface area (Å²) in [5.74, 6) is 0.284. The number of carbonyl (C=O) groups is 1. The highest BCUT2D eigenvalue weighted by molar-refractivity contribution is 5.79. The van der Waals surface area contributed by atoms with Gasteiger partial charge in [0.1, 0.15) is 6.04 Å². The van der Waals surface area contributed by atoms with Crippen molar-refractivity contribution in [3.63, 3.8) is 0 Å². The smallest absolute Gasteiger partial charge is 0.246 e. The minimum Gasteiger partial charge on any atom is -0.396 e. The molecular weight excluding hydrogens is 270 g/mol. The Hall–Kier alpha value is -2.28. The molecule has 1 aromatic carbocycles. The lowest BCUT2D eigenvalue weighted by molar-refractivity contribution is -0.125. The van der Waals surface area contributed by atoms with Gasteiger partial charge < -0.3 is 10.4 Å². The summed E-state index contributed by atoms with van der Waals surface area (Å²) in [5.41, 5.74) is 0.852. The van der Waals surface area contributed by atoms with E-state index in [9.17, 15) is 4.79 Å². The molecule has 0 fully saturated rings. The maximum atomic E-state index is 12.1. The van der Waals surface area contributed by atoms with Crippen LogP contribution in [0.1, 0.15) is 26.3 Å². The fourth-order valence-electron chi connectivity index (χ4n) is 1.83. The molecule has 2 N–H and O–H groups in total. The van der Waals surface area contributed by atoms with E-state index in [-0.39, 0.29) is 18.6 Å². The second kappa shape index (κ2) is 6.94. The number of rotatable bonds is 6. The third-order valence-electron chi connectivity index (χ3n) is 3.14. The molecule has 0 aliphatic rings. The van der Waals surface area contributed by atoms with Gasteiger partial charge in [-0.3, -0.25) is 4.79 Å². The van der Waals surface area contributed by atoms with Gasteiger partial charge in [-0.05, 0) is 25.5 Å². The number of carbonyl (C=O) groups excluding carboxylic acids is 1. The Morgan fingerprint density at radius 3 is 2.71 bits per heavy atom. The SMILES string of the molecule is CC(CCO)NC(=O)C(C)n1nnc(-c2ccccc2)n1. The van der Waals surface area contributed by atoms with E-state index in [2.05, 4.69) is 20.7 Å². The fourth-order valence-corrected chi connectivity index (χ4v) is 1.83. The zero-order valence-electron chi connectivity index (χ0n) is 12.1. The maximum absolute atomic E-state index is 12.1. The minimum absolute atomic E-state index is 0.0373. The van der Waals surface area contributed by atoms with Crippen LogP contribution in [0.3, 0.4) is 0 Å². The third-order valence-corrected chi connectivity index (χ3v) is 3.14. The summed E-state index contributed by atoms with van der Waals surface area (Å²) >= 11 is 0. The normalized spacial score (nSPS) is 13.7. The lowest BCUT2D eigenvalue weighted by Gasteiger charge is -2.15. The highest BCUT2D eigenvalue weighted by Crippen LogP contribution is 2.13. The number of aliphatic hydroxyl groups is 1. The van der Waals surface area contributed by atoms with Gasteiger partial charge in [0.2, 0.25) is 11.7 Å². The molecule has 112 valence electrons. The second-order valence-corrected chi connectivity index (χ2v) is 4.90. The largest absolute Gasteiger partial charge is 0.396 e. The average molecular weight is 289 g/mol. The van der Waals surface area contributed by atoms with Crippen molar-refractivity contribution in [1.82, 2.24) is 25.5 Å². The van der Waals surface area contributed by atoms with Crippen molar-refractivity contribution in [2.24, 2.45) is 0 Å². The summed E-state index contributed by atoms with van der Waals surface area (Å²) in [6.07, 6.45) is 0.512. The Labute approximate surface area is 123 Å². The Kier molecular flexibility index (Phi) is 4.99. The van der Waals surface area contributed by atoms with Crippen LogP contribution in [-0.2, 0) is 4.79 Å². The molecule has 1 amide bonds. The summed E-state index contributed by atoms with van der Waals surface area (Å²) in [5, 5.41) is 23.8. The number of aromatic nitrogens is 4. The first-order chi connectivity index (χ1) is 10.1. The van der Waals surface area contributed by atoms with Gasteiger partial charge in [0.15, 0.2) is 0 Å². The lowest BCUT2D eigenvalue weighted by atomic mass is 10.2. The highest BCUT2D eigenvalue weighted by atomic mass is 16.3. The number of hydrogen-bond acceptors (Lipinski definition) is 5. The molecule has 1 heterocycles. The van der Waals surface area contributed by atoms with E-state index >= 15 is 0 Å². The van der Waals surface area contributed by atoms with Crippen LogP contribution < -0.4 is 5.32 Å². The van der Waals surface area contributed by atoms with Gasteiger partial charge >= 0.3 is 0 Å². The molecule has 0 saturated carbocycles. The molecule has 0 aliphatic heterocycles. The summed E-state index contributed by atoms with van der Waals surface area (Å²) in [7, 11) is 0. The van der Waals surface area contributed by atoms with Gasteiger partial charge in [0.05, 0.1) is 0 Å². The van der Waals surface area contributed by atoms with E-state index in [4.69, 9.17) is 5.11 Å². The summed E-state index contributed by atoms with van der Waals surface area (Å²) in [6, 6.07) is 8.81. The predicted molar refractivity (Wildman–Crippen MR) is 77.3 cm³/mol. The summed E-state index contributed by atoms with van der Waals surface area (Å²) in [6.45, 7) is 3.58. The monoisotopic (exact) mass is 289 g/mol. The van der Waals surface area contributed by atoms with Gasteiger partial charge in [-0.25, -0.2) is 0 Å². The first kappa shape index (κ1) is 15.1. The number of aliphatic hydroxyl groups excluding tert-OH is 1. The second-order valence-electron chi connectivity index (χ2n) is 4.90. The molecule has 0 radical (unpaired) electrons. The van der Waals surface area contributed by atoms with Crippen LogP contribution in [0.4, 0.5) is 0 Å². The molecule has 2 aromatic rings. The van der Waals surface area contributed by atoms with Gasteiger partial charge in [0.25, 0.3) is 0 Å². The summed E-state index contributed by atoms with van der Waals surface area (Å²) in [4.78, 5) is 13.3. The molecule has 0 bridgehead atoms. The van der Waals surface area contributed by atoms with Crippen LogP contribution in [0.25, 0.3) is 11.4 Å². The van der Waals surface area contributed by atoms with E-state index in [1.165, 1.54) is 4.80 Å². The molecule has 2 atom stereocenters. The number of nitrogens with zero attached hydrogens (tertiary/aromatic N) is 4. The van der Waals surface area contributed by atoms with Crippen molar-refractivity contribution < 1.29 is 9.90 Å². The Balaban J connectivity index is 2.05. The molecule has 2 rings (SSSR count). The number of hydrogen-bond donors (Lipinski definition) is 2. The molecule has 0 aliphatic carbocycles. The van der Waals surface area contributed by atoms with E-state index in [0.29, 0.717) is 12.2 Å². The number of amides is 1. The van der Waals surface area contributed by atoms with Crippen molar-refractivity contribution in [2.45, 2.75) is 32.4 Å². The van der Waals surface area contributed by atoms with Crippen LogP contribution in [0.2, 0.25) is 0 Å². The topological polar surface area (TPSA) is 92.9 Å². The van der Waals surface area contributed by atoms with Gasteiger partial charge in [-0.2, -0.15) is 4.80 Å². The van der Waals surface area contributed by atoms with Crippen molar-refractivity contribution in [2.75, 3.05) is 6.61 Å². The third kappa shape index (κ3) is 3.85. The minimum atomic E-state index is -0.559. The highest BCUT2D eigenvalue weighted by Gasteiger charge is 2.20. The van der Waals surface area contributed by atoms with Crippen LogP contribution >= 0.6 is 0 Å². The van der Waals surface area contributed by atoms with Crippen molar-refractivity contribution in [3.05, 3.63) is 30.3 Å². The molecule has 7 heteroatoms. The summed E-state index contributed by atoms with van der Waals surface area (Å²) < 4.78 is 0. The first-order valence-corrected chi connectivity index (χ1v) is 6.88. The number of benzene rings is 1. The maximum Gasteiger partial charge on any atom is 0.246 e. The van der Waals surface area contributed by atoms with E-state index in [1.54, 1.807) is 6.92 Å². The average Bonchev–Trinajstić information content (AvgIpc) is 2.97. The quantitative estimate of drug-likeness (QED) is 0.820. The molecule has 0 saturated heterocycles. The standard InChI is InChI=1S/C14H19N5O2/c1-10(8-9-20)15-14(21)11(2)19-17-13(16-18-19)12-6-4-3-5-7-12/h3-7,10-11,20H,8-9H2,1-2H3,(H,15,21). The molecule has 21 heavy (non-hydrogen) atoms. The van der Waals surface area contributed by atoms with E-state index < -0.39 is 6.04 Å². The van der Waals surface area contributed by atoms with Crippen LogP contribution in [0.5, 0.6) is 0 Å². The zero-order chi connectivity index (χ0) is 15.2. The van der Waals surface area contributed by atoms with Gasteiger partial charge in [0, 0.05) is 18.2 Å². The van der Waals surface area contributed by atoms with E-state index in [1.807, 2.05) is 37.3 Å². The number of tetrazole rings is 1. The Morgan fingerprint density at radius 1 is 1.33 bits per heavy atom. The van der Waals surface area contributed by atoms with Crippen LogP contribution in [0.15, 0.2) is 30.3 Å². The zero-order valence-corrected chi connectivity index (χ0v) is 12.1. The molecule has 2 unspecified atom stereocenters. The predicted octanol–water partition coefficient (Wildman–Crippen LogP) is 0.788. The molecule has 1 aromatic heterocycles. The molecule has 0 spiro atoms. The van der Waals surface area contributed by atoms with Gasteiger partial charge in [-0.1, -0.05) is 30.3 Å². The number of nitrogens with one attached hydrogen (secondary N) is 1. The fraction of sp³-hybridized carbons (Fsp3) is 0.429. The lowest BCUT2D eigenvalue weighted by Crippen LogP contribution is -2.38. The molecule has 7 nitrogen and oxygen atoms in total. The van der Waals surface area contributed by atoms with E-state index in [0.717, 1.165) is 5.56 Å². The van der Waals surface area contributed by atoms with Crippen molar-refractivity contribution in [3.8, 4) is 11.4 Å². The van der Waals surface area contributed by atoms with Gasteiger partial charge in [-0.15, -0.1) is 10.2 Å². The van der Waals surface area contributed by atoms with Crippen LogP contribution in [-0.4, -0.2) is 43.9 Å². The van der Waals surface area contributed by atoms with Crippen molar-refractivity contribution in [1.29, 1.82) is 0 Å².